The number of morpholine rings is 1. The van der Waals surface area contributed by atoms with Crippen LogP contribution in [0.3, 0.4) is 0 Å². The molecule has 0 unspecified atom stereocenters. The summed E-state index contributed by atoms with van der Waals surface area (Å²) in [6.45, 7) is 4.35. The molecule has 0 spiro atoms. The van der Waals surface area contributed by atoms with Gasteiger partial charge in [-0.3, -0.25) is 0 Å². The van der Waals surface area contributed by atoms with E-state index in [0.29, 0.717) is 0 Å². The zero-order chi connectivity index (χ0) is 14.7. The molecule has 1 aliphatic heterocycles. The highest BCUT2D eigenvalue weighted by Crippen LogP contribution is 2.32. The highest BCUT2D eigenvalue weighted by Gasteiger charge is 2.10. The molecule has 0 atom stereocenters. The molecule has 1 saturated heterocycles. The minimum atomic E-state index is 0.785. The Bertz CT molecular complexity index is 577. The molecule has 1 aliphatic rings. The van der Waals surface area contributed by atoms with E-state index in [-0.39, 0.29) is 0 Å². The molecular formula is C15H16BrClN2OS. The van der Waals surface area contributed by atoms with Crippen LogP contribution in [0.5, 0.6) is 0 Å². The van der Waals surface area contributed by atoms with Crippen molar-refractivity contribution >= 4 is 50.2 Å². The van der Waals surface area contributed by atoms with Gasteiger partial charge >= 0.3 is 0 Å². The molecule has 0 amide bonds. The third-order valence-corrected chi connectivity index (χ3v) is 5.88. The van der Waals surface area contributed by atoms with Gasteiger partial charge in [-0.15, -0.1) is 11.3 Å². The molecule has 0 saturated carbocycles. The Morgan fingerprint density at radius 3 is 2.57 bits per heavy atom. The SMILES string of the molecule is Clc1sc(CNc2ccc(N3CCOCC3)cc2)cc1Br. The Morgan fingerprint density at radius 2 is 1.95 bits per heavy atom. The van der Waals surface area contributed by atoms with Crippen molar-refractivity contribution in [1.29, 1.82) is 0 Å². The van der Waals surface area contributed by atoms with Crippen molar-refractivity contribution in [2.45, 2.75) is 6.54 Å². The van der Waals surface area contributed by atoms with Gasteiger partial charge in [-0.25, -0.2) is 0 Å². The first-order valence-corrected chi connectivity index (χ1v) is 8.81. The van der Waals surface area contributed by atoms with E-state index in [0.717, 1.165) is 47.3 Å². The van der Waals surface area contributed by atoms with Crippen molar-refractivity contribution in [3.05, 3.63) is 44.0 Å². The molecule has 1 aromatic carbocycles. The molecule has 112 valence electrons. The summed E-state index contributed by atoms with van der Waals surface area (Å²) in [6, 6.07) is 10.6. The van der Waals surface area contributed by atoms with Gasteiger partial charge in [-0.1, -0.05) is 11.6 Å². The van der Waals surface area contributed by atoms with Gasteiger partial charge < -0.3 is 15.0 Å². The average Bonchev–Trinajstić information content (AvgIpc) is 2.85. The fraction of sp³-hybridized carbons (Fsp3) is 0.333. The van der Waals surface area contributed by atoms with E-state index in [1.807, 2.05) is 0 Å². The number of benzene rings is 1. The molecule has 2 aromatic rings. The molecule has 0 aliphatic carbocycles. The van der Waals surface area contributed by atoms with E-state index < -0.39 is 0 Å². The predicted molar refractivity (Wildman–Crippen MR) is 93.8 cm³/mol. The average molecular weight is 388 g/mol. The van der Waals surface area contributed by atoms with Crippen LogP contribution in [0.15, 0.2) is 34.8 Å². The number of ether oxygens (including phenoxy) is 1. The van der Waals surface area contributed by atoms with Crippen LogP contribution >= 0.6 is 38.9 Å². The Labute approximate surface area is 142 Å². The van der Waals surface area contributed by atoms with Crippen molar-refractivity contribution in [2.75, 3.05) is 36.5 Å². The summed E-state index contributed by atoms with van der Waals surface area (Å²) in [7, 11) is 0. The Kier molecular flexibility index (Phi) is 5.06. The smallest absolute Gasteiger partial charge is 0.107 e. The monoisotopic (exact) mass is 386 g/mol. The van der Waals surface area contributed by atoms with Crippen molar-refractivity contribution in [3.8, 4) is 0 Å². The molecule has 6 heteroatoms. The highest BCUT2D eigenvalue weighted by molar-refractivity contribution is 9.10. The highest BCUT2D eigenvalue weighted by atomic mass is 79.9. The van der Waals surface area contributed by atoms with E-state index >= 15 is 0 Å². The maximum Gasteiger partial charge on any atom is 0.107 e. The van der Waals surface area contributed by atoms with Crippen LogP contribution < -0.4 is 10.2 Å². The lowest BCUT2D eigenvalue weighted by Crippen LogP contribution is -2.36. The summed E-state index contributed by atoms with van der Waals surface area (Å²) in [5, 5.41) is 3.42. The van der Waals surface area contributed by atoms with E-state index in [4.69, 9.17) is 16.3 Å². The number of nitrogens with zero attached hydrogens (tertiary/aromatic N) is 1. The molecule has 1 fully saturated rings. The van der Waals surface area contributed by atoms with Gasteiger partial charge in [0, 0.05) is 40.4 Å². The largest absolute Gasteiger partial charge is 0.380 e. The summed E-state index contributed by atoms with van der Waals surface area (Å²) in [5.41, 5.74) is 2.37. The molecule has 2 heterocycles. The van der Waals surface area contributed by atoms with Crippen molar-refractivity contribution < 1.29 is 4.74 Å². The number of hydrogen-bond acceptors (Lipinski definition) is 4. The number of rotatable bonds is 4. The standard InChI is InChI=1S/C15H16BrClN2OS/c16-14-9-13(21-15(14)17)10-18-11-1-3-12(4-2-11)19-5-7-20-8-6-19/h1-4,9,18H,5-8,10H2. The number of thiophene rings is 1. The molecule has 0 radical (unpaired) electrons. The first-order valence-electron chi connectivity index (χ1n) is 6.83. The second-order valence-corrected chi connectivity index (χ2v) is 7.43. The second-order valence-electron chi connectivity index (χ2n) is 4.83. The first kappa shape index (κ1) is 15.2. The van der Waals surface area contributed by atoms with E-state index in [2.05, 4.69) is 56.5 Å². The third kappa shape index (κ3) is 3.92. The van der Waals surface area contributed by atoms with Crippen LogP contribution in [0.2, 0.25) is 4.34 Å². The normalized spacial score (nSPS) is 15.2. The zero-order valence-corrected chi connectivity index (χ0v) is 14.6. The quantitative estimate of drug-likeness (QED) is 0.829. The Morgan fingerprint density at radius 1 is 1.24 bits per heavy atom. The number of nitrogens with one attached hydrogen (secondary N) is 1. The van der Waals surface area contributed by atoms with Gasteiger partial charge in [0.2, 0.25) is 0 Å². The van der Waals surface area contributed by atoms with Gasteiger partial charge in [0.1, 0.15) is 4.34 Å². The fourth-order valence-corrected chi connectivity index (χ4v) is 4.01. The number of hydrogen-bond donors (Lipinski definition) is 1. The van der Waals surface area contributed by atoms with Crippen LogP contribution in [-0.2, 0) is 11.3 Å². The van der Waals surface area contributed by atoms with Gasteiger partial charge in [0.05, 0.1) is 13.2 Å². The third-order valence-electron chi connectivity index (χ3n) is 3.41. The van der Waals surface area contributed by atoms with Gasteiger partial charge in [0.15, 0.2) is 0 Å². The molecule has 1 N–H and O–H groups in total. The first-order chi connectivity index (χ1) is 10.2. The minimum absolute atomic E-state index is 0.785. The molecular weight excluding hydrogens is 372 g/mol. The zero-order valence-electron chi connectivity index (χ0n) is 11.4. The van der Waals surface area contributed by atoms with E-state index in [9.17, 15) is 0 Å². The minimum Gasteiger partial charge on any atom is -0.380 e. The van der Waals surface area contributed by atoms with Crippen molar-refractivity contribution in [3.63, 3.8) is 0 Å². The molecule has 3 nitrogen and oxygen atoms in total. The lowest BCUT2D eigenvalue weighted by molar-refractivity contribution is 0.122. The van der Waals surface area contributed by atoms with Crippen molar-refractivity contribution in [2.24, 2.45) is 0 Å². The number of halogens is 2. The van der Waals surface area contributed by atoms with E-state index in [1.165, 1.54) is 10.6 Å². The molecule has 3 rings (SSSR count). The Hall–Kier alpha value is -0.750. The topological polar surface area (TPSA) is 24.5 Å². The summed E-state index contributed by atoms with van der Waals surface area (Å²) in [6.07, 6.45) is 0. The van der Waals surface area contributed by atoms with Gasteiger partial charge in [0.25, 0.3) is 0 Å². The van der Waals surface area contributed by atoms with E-state index in [1.54, 1.807) is 11.3 Å². The maximum atomic E-state index is 6.05. The summed E-state index contributed by atoms with van der Waals surface area (Å²) in [4.78, 5) is 3.56. The molecule has 21 heavy (non-hydrogen) atoms. The van der Waals surface area contributed by atoms with Crippen LogP contribution in [0, 0.1) is 0 Å². The molecule has 0 bridgehead atoms. The lowest BCUT2D eigenvalue weighted by atomic mass is 10.2. The maximum absolute atomic E-state index is 6.05. The van der Waals surface area contributed by atoms with Crippen LogP contribution in [-0.4, -0.2) is 26.3 Å². The summed E-state index contributed by atoms with van der Waals surface area (Å²) < 4.78 is 7.14. The summed E-state index contributed by atoms with van der Waals surface area (Å²) in [5.74, 6) is 0. The number of anilines is 2. The van der Waals surface area contributed by atoms with Crippen LogP contribution in [0.4, 0.5) is 11.4 Å². The van der Waals surface area contributed by atoms with Gasteiger partial charge in [-0.2, -0.15) is 0 Å². The van der Waals surface area contributed by atoms with Crippen LogP contribution in [0.1, 0.15) is 4.88 Å². The van der Waals surface area contributed by atoms with Crippen molar-refractivity contribution in [1.82, 2.24) is 0 Å². The fourth-order valence-electron chi connectivity index (χ4n) is 2.28. The van der Waals surface area contributed by atoms with Gasteiger partial charge in [-0.05, 0) is 46.3 Å². The van der Waals surface area contributed by atoms with Crippen LogP contribution in [0.25, 0.3) is 0 Å². The summed E-state index contributed by atoms with van der Waals surface area (Å²) >= 11 is 11.1. The molecule has 1 aromatic heterocycles. The second kappa shape index (κ2) is 7.01. The predicted octanol–water partition coefficient (Wildman–Crippen LogP) is 4.61. The lowest BCUT2D eigenvalue weighted by Gasteiger charge is -2.28. The Balaban J connectivity index is 1.59.